The summed E-state index contributed by atoms with van der Waals surface area (Å²) in [7, 11) is 4.15. The zero-order valence-electron chi connectivity index (χ0n) is 21.1. The normalized spacial score (nSPS) is 24.9. The molecular weight excluding hydrogens is 413 g/mol. The summed E-state index contributed by atoms with van der Waals surface area (Å²) in [5, 5.41) is 1.30. The van der Waals surface area contributed by atoms with Gasteiger partial charge in [0.2, 0.25) is 0 Å². The van der Waals surface area contributed by atoms with Crippen molar-refractivity contribution in [1.29, 1.82) is 0 Å². The maximum absolute atomic E-state index is 6.40. The third kappa shape index (κ3) is 4.52. The molecule has 174 valence electrons. The molecule has 3 rings (SSSR count). The van der Waals surface area contributed by atoms with Gasteiger partial charge in [-0.3, -0.25) is 4.99 Å². The van der Waals surface area contributed by atoms with Gasteiger partial charge in [-0.2, -0.15) is 0 Å². The average molecular weight is 454 g/mol. The summed E-state index contributed by atoms with van der Waals surface area (Å²) < 4.78 is 11.8. The predicted molar refractivity (Wildman–Crippen MR) is 140 cm³/mol. The Morgan fingerprint density at radius 1 is 1.22 bits per heavy atom. The van der Waals surface area contributed by atoms with Crippen LogP contribution in [0.5, 0.6) is 5.75 Å². The van der Waals surface area contributed by atoms with Crippen molar-refractivity contribution in [3.8, 4) is 5.75 Å². The Labute approximate surface area is 196 Å². The van der Waals surface area contributed by atoms with E-state index in [1.165, 1.54) is 34.0 Å². The van der Waals surface area contributed by atoms with Crippen LogP contribution in [0.25, 0.3) is 0 Å². The van der Waals surface area contributed by atoms with Crippen LogP contribution in [0, 0.1) is 18.8 Å². The van der Waals surface area contributed by atoms with Gasteiger partial charge in [0.05, 0.1) is 0 Å². The fourth-order valence-electron chi connectivity index (χ4n) is 5.42. The summed E-state index contributed by atoms with van der Waals surface area (Å²) in [4.78, 5) is 4.29. The van der Waals surface area contributed by atoms with Gasteiger partial charge in [-0.25, -0.2) is 0 Å². The van der Waals surface area contributed by atoms with Gasteiger partial charge in [0, 0.05) is 42.1 Å². The first-order valence-electron chi connectivity index (χ1n) is 11.8. The number of hydrogen-bond donors (Lipinski definition) is 0. The number of rotatable bonds is 10. The van der Waals surface area contributed by atoms with Gasteiger partial charge in [-0.15, -0.1) is 0 Å². The highest BCUT2D eigenvalue weighted by molar-refractivity contribution is 7.48. The van der Waals surface area contributed by atoms with Gasteiger partial charge < -0.3 is 9.47 Å². The van der Waals surface area contributed by atoms with Crippen LogP contribution in [-0.2, 0) is 15.3 Å². The molecule has 0 saturated heterocycles. The van der Waals surface area contributed by atoms with Crippen molar-refractivity contribution >= 4 is 20.1 Å². The first-order valence-corrected chi connectivity index (χ1v) is 12.8. The van der Waals surface area contributed by atoms with E-state index in [9.17, 15) is 0 Å². The fraction of sp³-hybridized carbons (Fsp3) is 0.536. The number of hydrogen-bond acceptors (Lipinski definition) is 3. The molecule has 1 fully saturated rings. The van der Waals surface area contributed by atoms with Crippen LogP contribution in [0.15, 0.2) is 41.4 Å². The van der Waals surface area contributed by atoms with Crippen LogP contribution in [0.3, 0.4) is 0 Å². The monoisotopic (exact) mass is 453 g/mol. The second-order valence-electron chi connectivity index (χ2n) is 9.61. The Balaban J connectivity index is 2.16. The van der Waals surface area contributed by atoms with E-state index in [1.807, 2.05) is 13.3 Å². The molecule has 0 aliphatic heterocycles. The van der Waals surface area contributed by atoms with E-state index in [4.69, 9.17) is 9.47 Å². The predicted octanol–water partition coefficient (Wildman–Crippen LogP) is 6.59. The molecular formula is C28H40NO2P. The molecule has 1 aliphatic rings. The van der Waals surface area contributed by atoms with E-state index in [1.54, 1.807) is 7.11 Å². The highest BCUT2D eigenvalue weighted by Crippen LogP contribution is 2.64. The Bertz CT molecular complexity index is 972. The summed E-state index contributed by atoms with van der Waals surface area (Å²) in [6, 6.07) is 13.3. The number of benzene rings is 2. The third-order valence-corrected chi connectivity index (χ3v) is 9.63. The van der Waals surface area contributed by atoms with E-state index in [0.29, 0.717) is 20.4 Å². The quantitative estimate of drug-likeness (QED) is 0.231. The van der Waals surface area contributed by atoms with Gasteiger partial charge in [-0.05, 0) is 36.0 Å². The van der Waals surface area contributed by atoms with Crippen molar-refractivity contribution in [2.24, 2.45) is 16.8 Å². The van der Waals surface area contributed by atoms with Crippen LogP contribution in [0.1, 0.15) is 69.7 Å². The molecule has 0 N–H and O–H groups in total. The number of ether oxygens (including phenoxy) is 2. The summed E-state index contributed by atoms with van der Waals surface area (Å²) in [5.41, 5.74) is 5.33. The first kappa shape index (κ1) is 24.9. The average Bonchev–Trinajstić information content (AvgIpc) is 3.33. The molecule has 0 aromatic heterocycles. The van der Waals surface area contributed by atoms with Gasteiger partial charge >= 0.3 is 0 Å². The molecule has 5 atom stereocenters. The lowest BCUT2D eigenvalue weighted by Gasteiger charge is -2.34. The van der Waals surface area contributed by atoms with E-state index >= 15 is 0 Å². The molecule has 3 nitrogen and oxygen atoms in total. The van der Waals surface area contributed by atoms with Crippen molar-refractivity contribution in [3.63, 3.8) is 0 Å². The molecule has 0 bridgehead atoms. The molecule has 1 aliphatic carbocycles. The minimum absolute atomic E-state index is 0.0439. The van der Waals surface area contributed by atoms with E-state index in [0.717, 1.165) is 12.2 Å². The lowest BCUT2D eigenvalue weighted by molar-refractivity contribution is 0.0488. The Morgan fingerprint density at radius 2 is 1.94 bits per heavy atom. The Morgan fingerprint density at radius 3 is 2.53 bits per heavy atom. The van der Waals surface area contributed by atoms with Crippen LogP contribution in [0.2, 0.25) is 0 Å². The first-order chi connectivity index (χ1) is 15.3. The zero-order valence-corrected chi connectivity index (χ0v) is 22.1. The molecule has 0 heterocycles. The molecule has 4 unspecified atom stereocenters. The van der Waals surface area contributed by atoms with Gasteiger partial charge in [0.25, 0.3) is 0 Å². The summed E-state index contributed by atoms with van der Waals surface area (Å²) in [5.74, 6) is 2.39. The highest BCUT2D eigenvalue weighted by atomic mass is 31.1. The van der Waals surface area contributed by atoms with Gasteiger partial charge in [0.1, 0.15) is 5.75 Å². The Kier molecular flexibility index (Phi) is 7.84. The van der Waals surface area contributed by atoms with E-state index < -0.39 is 0 Å². The minimum Gasteiger partial charge on any atom is -0.467 e. The van der Waals surface area contributed by atoms with Crippen LogP contribution >= 0.6 is 8.58 Å². The second kappa shape index (κ2) is 10.1. The summed E-state index contributed by atoms with van der Waals surface area (Å²) in [6.07, 6.45) is 4.20. The molecule has 0 amide bonds. The SMILES string of the molecule is CCC1[C@@H](C)C1(C)c1cc(C)cc(C(C)(CC)Pc2ccccc2/C=N/C)c1OCOC. The van der Waals surface area contributed by atoms with Crippen molar-refractivity contribution in [2.45, 2.75) is 65.0 Å². The molecule has 2 aromatic rings. The van der Waals surface area contributed by atoms with Crippen molar-refractivity contribution in [2.75, 3.05) is 21.0 Å². The van der Waals surface area contributed by atoms with Crippen molar-refractivity contribution in [1.82, 2.24) is 0 Å². The smallest absolute Gasteiger partial charge is 0.188 e. The van der Waals surface area contributed by atoms with E-state index in [2.05, 4.69) is 82.9 Å². The molecule has 4 heteroatoms. The van der Waals surface area contributed by atoms with Crippen molar-refractivity contribution < 1.29 is 9.47 Å². The molecule has 0 radical (unpaired) electrons. The molecule has 1 saturated carbocycles. The maximum atomic E-state index is 6.40. The van der Waals surface area contributed by atoms with Crippen LogP contribution in [-0.4, -0.2) is 27.2 Å². The van der Waals surface area contributed by atoms with Gasteiger partial charge in [-0.1, -0.05) is 91.6 Å². The van der Waals surface area contributed by atoms with Crippen LogP contribution in [0.4, 0.5) is 0 Å². The summed E-state index contributed by atoms with van der Waals surface area (Å²) >= 11 is 0. The second-order valence-corrected chi connectivity index (χ2v) is 11.5. The number of aryl methyl sites for hydroxylation is 1. The van der Waals surface area contributed by atoms with Gasteiger partial charge in [0.15, 0.2) is 6.79 Å². The van der Waals surface area contributed by atoms with Crippen molar-refractivity contribution in [3.05, 3.63) is 58.7 Å². The zero-order chi connectivity index (χ0) is 23.5. The largest absolute Gasteiger partial charge is 0.467 e. The fourth-order valence-corrected chi connectivity index (χ4v) is 6.98. The third-order valence-electron chi connectivity index (χ3n) is 7.73. The highest BCUT2D eigenvalue weighted by Gasteiger charge is 2.59. The molecule has 2 aromatic carbocycles. The van der Waals surface area contributed by atoms with E-state index in [-0.39, 0.29) is 17.4 Å². The van der Waals surface area contributed by atoms with Crippen LogP contribution < -0.4 is 10.0 Å². The molecule has 32 heavy (non-hydrogen) atoms. The minimum atomic E-state index is -0.0439. The molecule has 0 spiro atoms. The topological polar surface area (TPSA) is 30.8 Å². The number of methoxy groups -OCH3 is 1. The summed E-state index contributed by atoms with van der Waals surface area (Å²) in [6.45, 7) is 14.3. The maximum Gasteiger partial charge on any atom is 0.188 e. The number of aliphatic imine (C=N–C) groups is 1. The number of nitrogens with zero attached hydrogens (tertiary/aromatic N) is 1. The Hall–Kier alpha value is -1.70. The lowest BCUT2D eigenvalue weighted by atomic mass is 9.85. The lowest BCUT2D eigenvalue weighted by Crippen LogP contribution is -2.23. The standard InChI is InChI=1S/C28H40NO2P/c1-9-22-20(4)28(22,6)24-16-19(3)15-23(26(24)31-18-30-8)27(5,10-2)32-25-14-12-11-13-21(25)17-29-7/h11-17,20,22,32H,9-10,18H2,1-8H3/b29-17+/t20-,22?,27?,28?/m1/s1.